The van der Waals surface area contributed by atoms with Gasteiger partial charge in [-0.3, -0.25) is 9.78 Å². The standard InChI is InChI=1S/C28H27ClF2N2O5S/c1-15-10-17-12-19(14-20(15)28(17,36)26(34)24-4-2-3-9-32-24)39(37,38)25-11-16(5-7-21(25)29)27(35)33-18-6-8-22(30)23(31)13-18/h2-9,11,13,15,17,19-20,26,34,36H,10,12,14H2,1H3,(H,33,35)/t15-,17?,19?,20?,26?,28+/m0/s1. The number of aliphatic hydroxyl groups excluding tert-OH is 1. The fourth-order valence-electron chi connectivity index (χ4n) is 6.24. The van der Waals surface area contributed by atoms with Gasteiger partial charge in [-0.05, 0) is 79.5 Å². The Hall–Kier alpha value is -2.92. The number of carbonyl (C=O) groups excluding carboxylic acids is 1. The number of pyridine rings is 1. The number of hydrogen-bond acceptors (Lipinski definition) is 6. The van der Waals surface area contributed by atoms with Crippen LogP contribution in [0.25, 0.3) is 0 Å². The summed E-state index contributed by atoms with van der Waals surface area (Å²) < 4.78 is 54.4. The van der Waals surface area contributed by atoms with E-state index in [1.807, 2.05) is 6.92 Å². The van der Waals surface area contributed by atoms with Gasteiger partial charge in [-0.15, -0.1) is 0 Å². The molecular formula is C28H27ClF2N2O5S. The molecule has 206 valence electrons. The molecule has 0 aliphatic heterocycles. The van der Waals surface area contributed by atoms with Crippen molar-refractivity contribution < 1.29 is 32.2 Å². The van der Waals surface area contributed by atoms with Crippen LogP contribution in [0.2, 0.25) is 5.02 Å². The van der Waals surface area contributed by atoms with Crippen LogP contribution in [0.5, 0.6) is 0 Å². The Labute approximate surface area is 229 Å². The van der Waals surface area contributed by atoms with Gasteiger partial charge >= 0.3 is 0 Å². The molecule has 3 N–H and O–H groups in total. The number of benzene rings is 2. The van der Waals surface area contributed by atoms with Crippen molar-refractivity contribution in [2.24, 2.45) is 17.8 Å². The number of hydrogen-bond donors (Lipinski definition) is 3. The average molecular weight is 577 g/mol. The van der Waals surface area contributed by atoms with E-state index in [0.29, 0.717) is 12.1 Å². The molecule has 0 spiro atoms. The van der Waals surface area contributed by atoms with E-state index in [1.165, 1.54) is 30.5 Å². The molecule has 2 aliphatic rings. The highest BCUT2D eigenvalue weighted by atomic mass is 35.5. The van der Waals surface area contributed by atoms with Crippen molar-refractivity contribution in [3.8, 4) is 0 Å². The van der Waals surface area contributed by atoms with Crippen molar-refractivity contribution in [2.75, 3.05) is 5.32 Å². The van der Waals surface area contributed by atoms with Crippen molar-refractivity contribution in [2.45, 2.75) is 48.0 Å². The van der Waals surface area contributed by atoms with Gasteiger partial charge in [0.25, 0.3) is 5.91 Å². The molecule has 39 heavy (non-hydrogen) atoms. The molecule has 6 atom stereocenters. The maximum atomic E-state index is 13.8. The largest absolute Gasteiger partial charge is 0.386 e. The Balaban J connectivity index is 1.41. The third kappa shape index (κ3) is 4.84. The Kier molecular flexibility index (Phi) is 7.26. The summed E-state index contributed by atoms with van der Waals surface area (Å²) in [4.78, 5) is 16.8. The number of aliphatic hydroxyl groups is 2. The number of rotatable bonds is 6. The number of nitrogens with zero attached hydrogens (tertiary/aromatic N) is 1. The predicted molar refractivity (Wildman–Crippen MR) is 141 cm³/mol. The molecule has 3 aromatic rings. The Bertz CT molecular complexity index is 1520. The topological polar surface area (TPSA) is 117 Å². The fourth-order valence-corrected chi connectivity index (χ4v) is 8.61. The van der Waals surface area contributed by atoms with E-state index in [1.54, 1.807) is 18.2 Å². The molecule has 11 heteroatoms. The number of amides is 1. The summed E-state index contributed by atoms with van der Waals surface area (Å²) in [5, 5.41) is 24.4. The van der Waals surface area contributed by atoms with Crippen LogP contribution in [-0.4, -0.2) is 40.4 Å². The van der Waals surface area contributed by atoms with E-state index in [2.05, 4.69) is 10.3 Å². The Morgan fingerprint density at radius 3 is 2.54 bits per heavy atom. The molecule has 5 rings (SSSR count). The van der Waals surface area contributed by atoms with Gasteiger partial charge in [-0.25, -0.2) is 17.2 Å². The van der Waals surface area contributed by atoms with Crippen molar-refractivity contribution >= 4 is 33.0 Å². The van der Waals surface area contributed by atoms with Crippen LogP contribution in [-0.2, 0) is 9.84 Å². The van der Waals surface area contributed by atoms with Crippen molar-refractivity contribution in [1.82, 2.24) is 4.98 Å². The van der Waals surface area contributed by atoms with Crippen LogP contribution in [0, 0.1) is 29.4 Å². The lowest BCUT2D eigenvalue weighted by Gasteiger charge is -2.45. The zero-order chi connectivity index (χ0) is 28.1. The predicted octanol–water partition coefficient (Wildman–Crippen LogP) is 4.94. The molecule has 1 heterocycles. The minimum absolute atomic E-state index is 0.00171. The second kappa shape index (κ2) is 10.2. The maximum Gasteiger partial charge on any atom is 0.255 e. The second-order valence-corrected chi connectivity index (χ2v) is 13.0. The third-order valence-electron chi connectivity index (χ3n) is 8.18. The molecule has 2 aromatic carbocycles. The third-order valence-corrected chi connectivity index (χ3v) is 10.8. The first kappa shape index (κ1) is 27.6. The van der Waals surface area contributed by atoms with Gasteiger partial charge in [-0.1, -0.05) is 24.6 Å². The molecule has 2 bridgehead atoms. The van der Waals surface area contributed by atoms with Gasteiger partial charge in [-0.2, -0.15) is 0 Å². The van der Waals surface area contributed by atoms with Gasteiger partial charge in [0.1, 0.15) is 11.7 Å². The Morgan fingerprint density at radius 2 is 1.87 bits per heavy atom. The molecular weight excluding hydrogens is 550 g/mol. The molecule has 1 aromatic heterocycles. The highest BCUT2D eigenvalue weighted by Crippen LogP contribution is 2.58. The molecule has 1 amide bonds. The SMILES string of the molecule is C[C@H]1CC2CC(S(=O)(=O)c3cc(C(=O)Nc4ccc(F)c(F)c4)ccc3Cl)CC1[C@@]2(O)C(O)c1ccccn1. The van der Waals surface area contributed by atoms with Crippen LogP contribution in [0.1, 0.15) is 48.3 Å². The van der Waals surface area contributed by atoms with Crippen LogP contribution >= 0.6 is 11.6 Å². The summed E-state index contributed by atoms with van der Waals surface area (Å²) in [6, 6.07) is 11.7. The van der Waals surface area contributed by atoms with E-state index in [0.717, 1.165) is 12.1 Å². The number of nitrogens with one attached hydrogen (secondary N) is 1. The van der Waals surface area contributed by atoms with Gasteiger partial charge < -0.3 is 15.5 Å². The smallest absolute Gasteiger partial charge is 0.255 e. The van der Waals surface area contributed by atoms with E-state index < -0.39 is 56.2 Å². The van der Waals surface area contributed by atoms with Gasteiger partial charge in [0.15, 0.2) is 21.5 Å². The first-order valence-electron chi connectivity index (χ1n) is 12.5. The molecule has 4 unspecified atom stereocenters. The molecule has 0 radical (unpaired) electrons. The molecule has 0 saturated heterocycles. The summed E-state index contributed by atoms with van der Waals surface area (Å²) in [6.07, 6.45) is 1.00. The number of carbonyl (C=O) groups is 1. The number of halogens is 3. The average Bonchev–Trinajstić information content (AvgIpc) is 3.03. The number of fused-ring (bicyclic) bond motifs is 2. The zero-order valence-electron chi connectivity index (χ0n) is 20.9. The number of anilines is 1. The lowest BCUT2D eigenvalue weighted by molar-refractivity contribution is -0.149. The molecule has 7 nitrogen and oxygen atoms in total. The van der Waals surface area contributed by atoms with Crippen LogP contribution < -0.4 is 5.32 Å². The number of aromatic nitrogens is 1. The summed E-state index contributed by atoms with van der Waals surface area (Å²) in [5.74, 6) is -3.97. The van der Waals surface area contributed by atoms with Crippen molar-refractivity contribution in [3.05, 3.63) is 88.7 Å². The Morgan fingerprint density at radius 1 is 1.10 bits per heavy atom. The quantitative estimate of drug-likeness (QED) is 0.383. The monoisotopic (exact) mass is 576 g/mol. The maximum absolute atomic E-state index is 13.8. The van der Waals surface area contributed by atoms with Gasteiger partial charge in [0.05, 0.1) is 20.9 Å². The van der Waals surface area contributed by atoms with Crippen molar-refractivity contribution in [1.29, 1.82) is 0 Å². The molecule has 2 fully saturated rings. The molecule has 2 aliphatic carbocycles. The first-order chi connectivity index (χ1) is 18.4. The summed E-state index contributed by atoms with van der Waals surface area (Å²) in [7, 11) is -4.05. The first-order valence-corrected chi connectivity index (χ1v) is 14.5. The van der Waals surface area contributed by atoms with Crippen LogP contribution in [0.3, 0.4) is 0 Å². The molecule has 2 saturated carbocycles. The normalized spacial score (nSPS) is 27.2. The zero-order valence-corrected chi connectivity index (χ0v) is 22.5. The minimum atomic E-state index is -4.05. The highest BCUT2D eigenvalue weighted by molar-refractivity contribution is 7.92. The van der Waals surface area contributed by atoms with Gasteiger partial charge in [0.2, 0.25) is 0 Å². The summed E-state index contributed by atoms with van der Waals surface area (Å²) in [5.41, 5.74) is -1.23. The minimum Gasteiger partial charge on any atom is -0.386 e. The fraction of sp³-hybridized carbons (Fsp3) is 0.357. The van der Waals surface area contributed by atoms with Crippen LogP contribution in [0.4, 0.5) is 14.5 Å². The summed E-state index contributed by atoms with van der Waals surface area (Å²) >= 11 is 6.31. The summed E-state index contributed by atoms with van der Waals surface area (Å²) in [6.45, 7) is 1.94. The second-order valence-electron chi connectivity index (χ2n) is 10.4. The lowest BCUT2D eigenvalue weighted by atomic mass is 9.69. The highest BCUT2D eigenvalue weighted by Gasteiger charge is 2.62. The van der Waals surface area contributed by atoms with Crippen molar-refractivity contribution in [3.63, 3.8) is 0 Å². The van der Waals surface area contributed by atoms with E-state index in [9.17, 15) is 32.2 Å². The van der Waals surface area contributed by atoms with Crippen LogP contribution in [0.15, 0.2) is 65.7 Å². The van der Waals surface area contributed by atoms with Gasteiger partial charge in [0, 0.05) is 23.5 Å². The number of sulfone groups is 1. The van der Waals surface area contributed by atoms with E-state index in [4.69, 9.17) is 11.6 Å². The van der Waals surface area contributed by atoms with E-state index >= 15 is 0 Å². The van der Waals surface area contributed by atoms with E-state index in [-0.39, 0.29) is 39.9 Å². The lowest BCUT2D eigenvalue weighted by Crippen LogP contribution is -2.52.